The third-order valence-electron chi connectivity index (χ3n) is 5.97. The molecule has 3 fully saturated rings. The smallest absolute Gasteiger partial charge is 0.317 e. The Hall–Kier alpha value is -0.810. The summed E-state index contributed by atoms with van der Waals surface area (Å²) >= 11 is 0. The van der Waals surface area contributed by atoms with Crippen molar-refractivity contribution in [3.8, 4) is 0 Å². The van der Waals surface area contributed by atoms with Crippen LogP contribution in [0.2, 0.25) is 0 Å². The van der Waals surface area contributed by atoms with Crippen LogP contribution in [-0.2, 0) is 9.47 Å². The summed E-state index contributed by atoms with van der Waals surface area (Å²) in [6.45, 7) is 6.78. The second-order valence-electron chi connectivity index (χ2n) is 7.67. The molecule has 2 amide bonds. The predicted molar refractivity (Wildman–Crippen MR) is 89.4 cm³/mol. The van der Waals surface area contributed by atoms with Gasteiger partial charge in [-0.3, -0.25) is 0 Å². The first kappa shape index (κ1) is 17.0. The molecule has 3 rings (SSSR count). The number of amides is 2. The van der Waals surface area contributed by atoms with Gasteiger partial charge >= 0.3 is 6.03 Å². The molecule has 2 unspecified atom stereocenters. The van der Waals surface area contributed by atoms with E-state index in [1.807, 2.05) is 4.90 Å². The molecule has 23 heavy (non-hydrogen) atoms. The molecule has 132 valence electrons. The van der Waals surface area contributed by atoms with Crippen molar-refractivity contribution < 1.29 is 14.3 Å². The van der Waals surface area contributed by atoms with Crippen LogP contribution >= 0.6 is 0 Å². The van der Waals surface area contributed by atoms with E-state index in [4.69, 9.17) is 9.47 Å². The molecule has 1 saturated carbocycles. The number of nitrogens with zero attached hydrogens (tertiary/aromatic N) is 1. The van der Waals surface area contributed by atoms with Crippen molar-refractivity contribution in [2.24, 2.45) is 11.3 Å². The van der Waals surface area contributed by atoms with Crippen molar-refractivity contribution in [3.05, 3.63) is 0 Å². The Morgan fingerprint density at radius 3 is 2.83 bits per heavy atom. The van der Waals surface area contributed by atoms with Gasteiger partial charge in [0.05, 0.1) is 13.2 Å². The van der Waals surface area contributed by atoms with Crippen LogP contribution in [0.4, 0.5) is 4.79 Å². The topological polar surface area (TPSA) is 50.8 Å². The van der Waals surface area contributed by atoms with E-state index in [0.717, 1.165) is 58.0 Å². The van der Waals surface area contributed by atoms with Gasteiger partial charge in [0.15, 0.2) is 0 Å². The molecular weight excluding hydrogens is 292 g/mol. The zero-order valence-electron chi connectivity index (χ0n) is 14.5. The van der Waals surface area contributed by atoms with Gasteiger partial charge in [0.25, 0.3) is 0 Å². The summed E-state index contributed by atoms with van der Waals surface area (Å²) in [6.07, 6.45) is 8.07. The average molecular weight is 324 g/mol. The SMILES string of the molecule is CCC1CCCC(NC(=O)N2CCOCC3(CCOCC3)C2)C1. The Labute approximate surface area is 140 Å². The van der Waals surface area contributed by atoms with Gasteiger partial charge in [0.2, 0.25) is 0 Å². The van der Waals surface area contributed by atoms with E-state index >= 15 is 0 Å². The van der Waals surface area contributed by atoms with Crippen molar-refractivity contribution in [3.63, 3.8) is 0 Å². The third-order valence-corrected chi connectivity index (χ3v) is 5.97. The molecule has 1 N–H and O–H groups in total. The van der Waals surface area contributed by atoms with Crippen LogP contribution in [0.25, 0.3) is 0 Å². The second kappa shape index (κ2) is 7.84. The highest BCUT2D eigenvalue weighted by Crippen LogP contribution is 2.33. The van der Waals surface area contributed by atoms with Gasteiger partial charge < -0.3 is 19.7 Å². The van der Waals surface area contributed by atoms with Crippen LogP contribution in [-0.4, -0.2) is 56.5 Å². The molecule has 0 bridgehead atoms. The highest BCUT2D eigenvalue weighted by molar-refractivity contribution is 5.74. The van der Waals surface area contributed by atoms with Crippen molar-refractivity contribution in [2.45, 2.75) is 57.9 Å². The van der Waals surface area contributed by atoms with Gasteiger partial charge in [-0.15, -0.1) is 0 Å². The van der Waals surface area contributed by atoms with E-state index in [1.54, 1.807) is 0 Å². The van der Waals surface area contributed by atoms with E-state index in [0.29, 0.717) is 19.2 Å². The molecule has 3 aliphatic rings. The molecule has 2 atom stereocenters. The fourth-order valence-corrected chi connectivity index (χ4v) is 4.33. The van der Waals surface area contributed by atoms with Crippen LogP contribution in [0, 0.1) is 11.3 Å². The van der Waals surface area contributed by atoms with Crippen LogP contribution in [0.5, 0.6) is 0 Å². The first-order valence-electron chi connectivity index (χ1n) is 9.42. The lowest BCUT2D eigenvalue weighted by Crippen LogP contribution is -2.51. The summed E-state index contributed by atoms with van der Waals surface area (Å²) in [5.74, 6) is 0.781. The summed E-state index contributed by atoms with van der Waals surface area (Å²) < 4.78 is 11.3. The van der Waals surface area contributed by atoms with Crippen LogP contribution < -0.4 is 5.32 Å². The number of urea groups is 1. The fourth-order valence-electron chi connectivity index (χ4n) is 4.33. The lowest BCUT2D eigenvalue weighted by molar-refractivity contribution is -0.0295. The quantitative estimate of drug-likeness (QED) is 0.850. The minimum absolute atomic E-state index is 0.102. The molecule has 2 heterocycles. The molecule has 5 heteroatoms. The largest absolute Gasteiger partial charge is 0.381 e. The number of carbonyl (C=O) groups excluding carboxylic acids is 1. The highest BCUT2D eigenvalue weighted by atomic mass is 16.5. The molecule has 2 aliphatic heterocycles. The first-order chi connectivity index (χ1) is 11.2. The number of carbonyl (C=O) groups is 1. The molecule has 1 spiro atoms. The summed E-state index contributed by atoms with van der Waals surface area (Å²) in [4.78, 5) is 14.8. The Balaban J connectivity index is 1.57. The van der Waals surface area contributed by atoms with Gasteiger partial charge in [-0.1, -0.05) is 26.2 Å². The summed E-state index contributed by atoms with van der Waals surface area (Å²) in [7, 11) is 0. The Kier molecular flexibility index (Phi) is 5.81. The second-order valence-corrected chi connectivity index (χ2v) is 7.67. The highest BCUT2D eigenvalue weighted by Gasteiger charge is 2.38. The molecule has 2 saturated heterocycles. The monoisotopic (exact) mass is 324 g/mol. The molecule has 0 radical (unpaired) electrons. The fraction of sp³-hybridized carbons (Fsp3) is 0.944. The van der Waals surface area contributed by atoms with Gasteiger partial charge in [0.1, 0.15) is 0 Å². The van der Waals surface area contributed by atoms with Crippen LogP contribution in [0.1, 0.15) is 51.9 Å². The number of hydrogen-bond donors (Lipinski definition) is 1. The summed E-state index contributed by atoms with van der Waals surface area (Å²) in [5.41, 5.74) is 0.102. The van der Waals surface area contributed by atoms with Crippen LogP contribution in [0.3, 0.4) is 0 Å². The van der Waals surface area contributed by atoms with Crippen molar-refractivity contribution in [1.29, 1.82) is 0 Å². The summed E-state index contributed by atoms with van der Waals surface area (Å²) in [6, 6.07) is 0.471. The standard InChI is InChI=1S/C18H32N2O3/c1-2-15-4-3-5-16(12-15)19-17(21)20-8-11-23-14-18(13-20)6-9-22-10-7-18/h15-16H,2-14H2,1H3,(H,19,21). The van der Waals surface area contributed by atoms with E-state index in [9.17, 15) is 4.79 Å². The maximum Gasteiger partial charge on any atom is 0.317 e. The molecule has 0 aromatic carbocycles. The normalized spacial score (nSPS) is 31.6. The number of hydrogen-bond acceptors (Lipinski definition) is 3. The molecule has 1 aliphatic carbocycles. The minimum Gasteiger partial charge on any atom is -0.381 e. The number of rotatable bonds is 2. The molecule has 5 nitrogen and oxygen atoms in total. The van der Waals surface area contributed by atoms with Crippen LogP contribution in [0.15, 0.2) is 0 Å². The molecular formula is C18H32N2O3. The van der Waals surface area contributed by atoms with Gasteiger partial charge in [0, 0.05) is 37.8 Å². The van der Waals surface area contributed by atoms with E-state index in [2.05, 4.69) is 12.2 Å². The van der Waals surface area contributed by atoms with Crippen molar-refractivity contribution in [1.82, 2.24) is 10.2 Å². The van der Waals surface area contributed by atoms with E-state index in [1.165, 1.54) is 19.3 Å². The van der Waals surface area contributed by atoms with E-state index in [-0.39, 0.29) is 11.4 Å². The summed E-state index contributed by atoms with van der Waals surface area (Å²) in [5, 5.41) is 3.30. The van der Waals surface area contributed by atoms with Gasteiger partial charge in [-0.25, -0.2) is 4.79 Å². The van der Waals surface area contributed by atoms with Gasteiger partial charge in [-0.05, 0) is 31.6 Å². The Bertz CT molecular complexity index is 396. The maximum absolute atomic E-state index is 12.8. The maximum atomic E-state index is 12.8. The number of ether oxygens (including phenoxy) is 2. The third kappa shape index (κ3) is 4.38. The Morgan fingerprint density at radius 1 is 1.22 bits per heavy atom. The molecule has 0 aromatic rings. The van der Waals surface area contributed by atoms with Crippen molar-refractivity contribution >= 4 is 6.03 Å². The predicted octanol–water partition coefficient (Wildman–Crippen LogP) is 2.79. The number of nitrogens with one attached hydrogen (secondary N) is 1. The molecule has 0 aromatic heterocycles. The minimum atomic E-state index is 0.102. The Morgan fingerprint density at radius 2 is 2.04 bits per heavy atom. The van der Waals surface area contributed by atoms with E-state index < -0.39 is 0 Å². The average Bonchev–Trinajstić information content (AvgIpc) is 2.78. The first-order valence-corrected chi connectivity index (χ1v) is 9.42. The lowest BCUT2D eigenvalue weighted by atomic mass is 9.80. The van der Waals surface area contributed by atoms with Gasteiger partial charge in [-0.2, -0.15) is 0 Å². The zero-order valence-corrected chi connectivity index (χ0v) is 14.5. The van der Waals surface area contributed by atoms with Crippen molar-refractivity contribution in [2.75, 3.05) is 39.5 Å². The lowest BCUT2D eigenvalue weighted by Gasteiger charge is -2.39. The zero-order chi connectivity index (χ0) is 16.1.